The van der Waals surface area contributed by atoms with E-state index in [9.17, 15) is 9.59 Å². The number of fused-ring (bicyclic) bond motifs is 4. The van der Waals surface area contributed by atoms with Crippen molar-refractivity contribution in [3.8, 4) is 0 Å². The summed E-state index contributed by atoms with van der Waals surface area (Å²) in [5.41, 5.74) is 3.34. The van der Waals surface area contributed by atoms with E-state index >= 15 is 0 Å². The fourth-order valence-corrected chi connectivity index (χ4v) is 6.40. The fraction of sp³-hybridized carbons (Fsp3) is 0.381. The molecule has 2 aromatic heterocycles. The maximum absolute atomic E-state index is 12.9. The maximum Gasteiger partial charge on any atom is 0.260 e. The van der Waals surface area contributed by atoms with Crippen molar-refractivity contribution in [3.05, 3.63) is 50.6 Å². The Morgan fingerprint density at radius 3 is 3.04 bits per heavy atom. The lowest BCUT2D eigenvalue weighted by molar-refractivity contribution is -0.116. The van der Waals surface area contributed by atoms with Crippen LogP contribution in [0.15, 0.2) is 34.2 Å². The number of thiophene rings is 1. The molecule has 0 saturated carbocycles. The van der Waals surface area contributed by atoms with Gasteiger partial charge in [0, 0.05) is 16.6 Å². The number of hydrogen-bond donors (Lipinski definition) is 1. The Morgan fingerprint density at radius 1 is 1.32 bits per heavy atom. The van der Waals surface area contributed by atoms with Gasteiger partial charge in [-0.15, -0.1) is 11.3 Å². The summed E-state index contributed by atoms with van der Waals surface area (Å²) in [6.07, 6.45) is 5.22. The third-order valence-electron chi connectivity index (χ3n) is 5.61. The van der Waals surface area contributed by atoms with Crippen LogP contribution in [0.2, 0.25) is 0 Å². The standard InChI is InChI=1S/C21H21N3O2S2/c1-12-10-13-6-2-4-8-15(13)24(12)17(25)11-27-21-22-19(26)18-14-7-3-5-9-16(14)28-20(18)23-21/h2,4,6,8,12H,3,5,7,9-11H2,1H3,(H,22,23,26)/t12-/m1/s1. The van der Waals surface area contributed by atoms with Crippen molar-refractivity contribution in [2.75, 3.05) is 10.7 Å². The molecule has 2 aliphatic rings. The largest absolute Gasteiger partial charge is 0.308 e. The Hall–Kier alpha value is -2.12. The van der Waals surface area contributed by atoms with Gasteiger partial charge in [-0.2, -0.15) is 0 Å². The molecule has 1 aliphatic heterocycles. The lowest BCUT2D eigenvalue weighted by atomic mass is 9.97. The first kappa shape index (κ1) is 17.9. The molecule has 5 nitrogen and oxygen atoms in total. The highest BCUT2D eigenvalue weighted by Crippen LogP contribution is 2.35. The van der Waals surface area contributed by atoms with Crippen LogP contribution in [-0.4, -0.2) is 27.7 Å². The van der Waals surface area contributed by atoms with Gasteiger partial charge in [0.1, 0.15) is 4.83 Å². The number of aromatic nitrogens is 2. The van der Waals surface area contributed by atoms with Crippen molar-refractivity contribution in [3.63, 3.8) is 0 Å². The van der Waals surface area contributed by atoms with E-state index < -0.39 is 0 Å². The van der Waals surface area contributed by atoms with E-state index in [0.29, 0.717) is 5.16 Å². The highest BCUT2D eigenvalue weighted by molar-refractivity contribution is 7.99. The molecule has 1 atom stereocenters. The number of benzene rings is 1. The number of aryl methyl sites for hydroxylation is 2. The first-order valence-electron chi connectivity index (χ1n) is 9.69. The molecule has 3 aromatic rings. The predicted molar refractivity (Wildman–Crippen MR) is 115 cm³/mol. The van der Waals surface area contributed by atoms with Crippen molar-refractivity contribution in [1.29, 1.82) is 0 Å². The van der Waals surface area contributed by atoms with Crippen molar-refractivity contribution >= 4 is 44.9 Å². The van der Waals surface area contributed by atoms with Crippen LogP contribution in [0.25, 0.3) is 10.2 Å². The van der Waals surface area contributed by atoms with E-state index in [2.05, 4.69) is 23.0 Å². The van der Waals surface area contributed by atoms with Crippen LogP contribution in [-0.2, 0) is 24.1 Å². The molecule has 0 unspecified atom stereocenters. The number of para-hydroxylation sites is 1. The second-order valence-electron chi connectivity index (χ2n) is 7.50. The van der Waals surface area contributed by atoms with Gasteiger partial charge in [0.05, 0.1) is 11.1 Å². The van der Waals surface area contributed by atoms with E-state index in [0.717, 1.165) is 41.6 Å². The number of amides is 1. The maximum atomic E-state index is 12.9. The second kappa shape index (κ2) is 7.04. The Balaban J connectivity index is 1.38. The average molecular weight is 412 g/mol. The number of nitrogens with zero attached hydrogens (tertiary/aromatic N) is 2. The summed E-state index contributed by atoms with van der Waals surface area (Å²) >= 11 is 2.95. The summed E-state index contributed by atoms with van der Waals surface area (Å²) in [5, 5.41) is 1.29. The number of H-pyrrole nitrogens is 1. The fourth-order valence-electron chi connectivity index (χ4n) is 4.36. The Bertz CT molecular complexity index is 1130. The molecule has 3 heterocycles. The Labute approximate surface area is 171 Å². The third-order valence-corrected chi connectivity index (χ3v) is 7.66. The number of hydrogen-bond acceptors (Lipinski definition) is 5. The van der Waals surface area contributed by atoms with Crippen molar-refractivity contribution in [2.24, 2.45) is 0 Å². The zero-order valence-electron chi connectivity index (χ0n) is 15.7. The first-order chi connectivity index (χ1) is 13.6. The van der Waals surface area contributed by atoms with Crippen LogP contribution in [0.3, 0.4) is 0 Å². The average Bonchev–Trinajstić information content (AvgIpc) is 3.22. The summed E-state index contributed by atoms with van der Waals surface area (Å²) in [6, 6.07) is 8.22. The smallest absolute Gasteiger partial charge is 0.260 e. The number of anilines is 1. The SMILES string of the molecule is C[C@@H]1Cc2ccccc2N1C(=O)CSc1nc2sc3c(c2c(=O)[nH]1)CCCC3. The normalized spacial score (nSPS) is 18.3. The van der Waals surface area contributed by atoms with Gasteiger partial charge in [0.15, 0.2) is 5.16 Å². The monoisotopic (exact) mass is 411 g/mol. The molecular formula is C21H21N3O2S2. The number of carbonyl (C=O) groups is 1. The number of rotatable bonds is 3. The van der Waals surface area contributed by atoms with Crippen LogP contribution in [0.5, 0.6) is 0 Å². The summed E-state index contributed by atoms with van der Waals surface area (Å²) in [5.74, 6) is 0.314. The number of nitrogens with one attached hydrogen (secondary N) is 1. The molecule has 28 heavy (non-hydrogen) atoms. The minimum atomic E-state index is -0.0702. The van der Waals surface area contributed by atoms with Gasteiger partial charge in [-0.1, -0.05) is 30.0 Å². The number of thioether (sulfide) groups is 1. The highest BCUT2D eigenvalue weighted by Gasteiger charge is 2.30. The van der Waals surface area contributed by atoms with Gasteiger partial charge in [-0.25, -0.2) is 4.98 Å². The Morgan fingerprint density at radius 2 is 2.14 bits per heavy atom. The molecule has 1 aliphatic carbocycles. The van der Waals surface area contributed by atoms with Gasteiger partial charge in [-0.3, -0.25) is 9.59 Å². The third kappa shape index (κ3) is 2.97. The summed E-state index contributed by atoms with van der Waals surface area (Å²) in [4.78, 5) is 37.1. The number of carbonyl (C=O) groups excluding carboxylic acids is 1. The molecule has 1 amide bonds. The minimum Gasteiger partial charge on any atom is -0.308 e. The molecule has 7 heteroatoms. The molecule has 0 saturated heterocycles. The summed E-state index contributed by atoms with van der Waals surface area (Å²) in [7, 11) is 0. The minimum absolute atomic E-state index is 0.0515. The molecule has 0 radical (unpaired) electrons. The molecular weight excluding hydrogens is 390 g/mol. The molecule has 1 aromatic carbocycles. The van der Waals surface area contributed by atoms with E-state index in [-0.39, 0.29) is 23.3 Å². The van der Waals surface area contributed by atoms with Gasteiger partial charge < -0.3 is 9.88 Å². The van der Waals surface area contributed by atoms with Crippen molar-refractivity contribution in [2.45, 2.75) is 50.2 Å². The van der Waals surface area contributed by atoms with Crippen LogP contribution in [0.1, 0.15) is 35.8 Å². The summed E-state index contributed by atoms with van der Waals surface area (Å²) < 4.78 is 0. The predicted octanol–water partition coefficient (Wildman–Crippen LogP) is 3.93. The zero-order valence-corrected chi connectivity index (χ0v) is 17.3. The highest BCUT2D eigenvalue weighted by atomic mass is 32.2. The van der Waals surface area contributed by atoms with Gasteiger partial charge in [-0.05, 0) is 56.2 Å². The van der Waals surface area contributed by atoms with Gasteiger partial charge in [0.25, 0.3) is 5.56 Å². The lowest BCUT2D eigenvalue weighted by Gasteiger charge is -2.22. The quantitative estimate of drug-likeness (QED) is 0.524. The van der Waals surface area contributed by atoms with Crippen molar-refractivity contribution < 1.29 is 4.79 Å². The van der Waals surface area contributed by atoms with E-state index in [1.165, 1.54) is 34.2 Å². The van der Waals surface area contributed by atoms with Crippen LogP contribution >= 0.6 is 23.1 Å². The van der Waals surface area contributed by atoms with Crippen molar-refractivity contribution in [1.82, 2.24) is 9.97 Å². The molecule has 0 fully saturated rings. The zero-order chi connectivity index (χ0) is 19.3. The Kier molecular flexibility index (Phi) is 4.51. The molecule has 0 spiro atoms. The van der Waals surface area contributed by atoms with Crippen LogP contribution in [0.4, 0.5) is 5.69 Å². The molecule has 5 rings (SSSR count). The van der Waals surface area contributed by atoms with Gasteiger partial charge >= 0.3 is 0 Å². The lowest BCUT2D eigenvalue weighted by Crippen LogP contribution is -2.37. The van der Waals surface area contributed by atoms with E-state index in [1.807, 2.05) is 23.1 Å². The molecule has 0 bridgehead atoms. The first-order valence-corrected chi connectivity index (χ1v) is 11.5. The molecule has 144 valence electrons. The summed E-state index contributed by atoms with van der Waals surface area (Å²) in [6.45, 7) is 2.07. The second-order valence-corrected chi connectivity index (χ2v) is 9.54. The topological polar surface area (TPSA) is 66.1 Å². The van der Waals surface area contributed by atoms with E-state index in [1.54, 1.807) is 11.3 Å². The molecule has 1 N–H and O–H groups in total. The van der Waals surface area contributed by atoms with Crippen LogP contribution < -0.4 is 10.5 Å². The van der Waals surface area contributed by atoms with Crippen LogP contribution in [0, 0.1) is 0 Å². The number of aromatic amines is 1. The van der Waals surface area contributed by atoms with E-state index in [4.69, 9.17) is 0 Å². The van der Waals surface area contributed by atoms with Gasteiger partial charge in [0.2, 0.25) is 5.91 Å².